The molecule has 126 valence electrons. The van der Waals surface area contributed by atoms with Crippen molar-refractivity contribution in [2.75, 3.05) is 26.7 Å². The van der Waals surface area contributed by atoms with Gasteiger partial charge in [0.25, 0.3) is 5.91 Å². The van der Waals surface area contributed by atoms with Gasteiger partial charge in [0.05, 0.1) is 12.2 Å². The van der Waals surface area contributed by atoms with Gasteiger partial charge < -0.3 is 14.7 Å². The molecule has 0 bridgehead atoms. The van der Waals surface area contributed by atoms with Crippen LogP contribution in [-0.2, 0) is 16.1 Å². The first-order valence-corrected chi connectivity index (χ1v) is 7.79. The van der Waals surface area contributed by atoms with Crippen molar-refractivity contribution in [1.82, 2.24) is 9.80 Å². The van der Waals surface area contributed by atoms with Crippen molar-refractivity contribution < 1.29 is 19.4 Å². The van der Waals surface area contributed by atoms with Crippen LogP contribution in [0.15, 0.2) is 24.3 Å². The number of carbonyl (C=O) groups excluding carboxylic acids is 1. The lowest BCUT2D eigenvalue weighted by Gasteiger charge is -2.35. The van der Waals surface area contributed by atoms with E-state index >= 15 is 0 Å². The van der Waals surface area contributed by atoms with E-state index < -0.39 is 5.97 Å². The third-order valence-corrected chi connectivity index (χ3v) is 3.82. The first kappa shape index (κ1) is 17.4. The third-order valence-electron chi connectivity index (χ3n) is 3.82. The van der Waals surface area contributed by atoms with Gasteiger partial charge in [0.2, 0.25) is 0 Å². The Morgan fingerprint density at radius 1 is 1.22 bits per heavy atom. The topological polar surface area (TPSA) is 70.1 Å². The van der Waals surface area contributed by atoms with E-state index in [-0.39, 0.29) is 24.7 Å². The van der Waals surface area contributed by atoms with Crippen molar-refractivity contribution >= 4 is 11.9 Å². The number of carboxylic acid groups (broad SMARTS) is 1. The standard InChI is InChI=1S/C17H24N2O4/c1-12-8-19(9-13(2)23-12)10-14-4-6-15(7-5-14)17(22)18(3)11-16(20)21/h4-7,12-13H,8-11H2,1-3H3,(H,20,21). The van der Waals surface area contributed by atoms with Crippen molar-refractivity contribution in [2.24, 2.45) is 0 Å². The Hall–Kier alpha value is -1.92. The number of rotatable bonds is 5. The highest BCUT2D eigenvalue weighted by Crippen LogP contribution is 2.15. The zero-order valence-electron chi connectivity index (χ0n) is 13.9. The molecule has 1 saturated heterocycles. The summed E-state index contributed by atoms with van der Waals surface area (Å²) in [4.78, 5) is 26.3. The lowest BCUT2D eigenvalue weighted by Crippen LogP contribution is -2.44. The molecule has 23 heavy (non-hydrogen) atoms. The van der Waals surface area contributed by atoms with Crippen molar-refractivity contribution in [3.8, 4) is 0 Å². The molecule has 6 heteroatoms. The van der Waals surface area contributed by atoms with Crippen molar-refractivity contribution in [3.05, 3.63) is 35.4 Å². The van der Waals surface area contributed by atoms with Gasteiger partial charge in [0, 0.05) is 32.2 Å². The van der Waals surface area contributed by atoms with Gasteiger partial charge in [0.1, 0.15) is 6.54 Å². The molecule has 1 aliphatic heterocycles. The van der Waals surface area contributed by atoms with Gasteiger partial charge in [-0.2, -0.15) is 0 Å². The molecule has 1 aliphatic rings. The van der Waals surface area contributed by atoms with Gasteiger partial charge in [0.15, 0.2) is 0 Å². The zero-order chi connectivity index (χ0) is 17.0. The first-order chi connectivity index (χ1) is 10.8. The summed E-state index contributed by atoms with van der Waals surface area (Å²) in [5.74, 6) is -1.31. The molecule has 1 N–H and O–H groups in total. The molecular formula is C17H24N2O4. The number of hydrogen-bond donors (Lipinski definition) is 1. The molecule has 2 atom stereocenters. The van der Waals surface area contributed by atoms with Gasteiger partial charge in [-0.1, -0.05) is 12.1 Å². The van der Waals surface area contributed by atoms with Crippen LogP contribution in [-0.4, -0.2) is 65.7 Å². The fourth-order valence-electron chi connectivity index (χ4n) is 2.92. The number of carboxylic acids is 1. The Kier molecular flexibility index (Phi) is 5.74. The summed E-state index contributed by atoms with van der Waals surface area (Å²) in [6.07, 6.45) is 0.452. The quantitative estimate of drug-likeness (QED) is 0.889. The minimum atomic E-state index is -1.02. The van der Waals surface area contributed by atoms with E-state index in [0.29, 0.717) is 5.56 Å². The van der Waals surface area contributed by atoms with Crippen LogP contribution in [0, 0.1) is 0 Å². The molecule has 1 fully saturated rings. The van der Waals surface area contributed by atoms with Gasteiger partial charge in [-0.3, -0.25) is 14.5 Å². The van der Waals surface area contributed by atoms with Crippen LogP contribution < -0.4 is 0 Å². The molecule has 1 aromatic rings. The van der Waals surface area contributed by atoms with E-state index in [1.54, 1.807) is 12.1 Å². The summed E-state index contributed by atoms with van der Waals surface area (Å²) in [6, 6.07) is 7.35. The second-order valence-corrected chi connectivity index (χ2v) is 6.20. The summed E-state index contributed by atoms with van der Waals surface area (Å²) in [7, 11) is 1.49. The Morgan fingerprint density at radius 2 is 1.78 bits per heavy atom. The lowest BCUT2D eigenvalue weighted by atomic mass is 10.1. The SMILES string of the molecule is CC1CN(Cc2ccc(C(=O)N(C)CC(=O)O)cc2)CC(C)O1. The molecule has 6 nitrogen and oxygen atoms in total. The molecule has 2 unspecified atom stereocenters. The minimum Gasteiger partial charge on any atom is -0.480 e. The molecule has 0 spiro atoms. The predicted octanol–water partition coefficient (Wildman–Crippen LogP) is 1.45. The van der Waals surface area contributed by atoms with Crippen LogP contribution in [0.1, 0.15) is 29.8 Å². The number of hydrogen-bond acceptors (Lipinski definition) is 4. The highest BCUT2D eigenvalue weighted by atomic mass is 16.5. The third kappa shape index (κ3) is 5.04. The summed E-state index contributed by atoms with van der Waals surface area (Å²) < 4.78 is 5.72. The summed E-state index contributed by atoms with van der Waals surface area (Å²) in [5, 5.41) is 8.74. The van der Waals surface area contributed by atoms with Gasteiger partial charge >= 0.3 is 5.97 Å². The van der Waals surface area contributed by atoms with E-state index in [9.17, 15) is 9.59 Å². The van der Waals surface area contributed by atoms with Crippen LogP contribution in [0.25, 0.3) is 0 Å². The number of ether oxygens (including phenoxy) is 1. The fraction of sp³-hybridized carbons (Fsp3) is 0.529. The monoisotopic (exact) mass is 320 g/mol. The Balaban J connectivity index is 1.96. The molecule has 1 amide bonds. The maximum atomic E-state index is 12.1. The summed E-state index contributed by atoms with van der Waals surface area (Å²) in [5.41, 5.74) is 1.63. The number of benzene rings is 1. The van der Waals surface area contributed by atoms with E-state index in [1.165, 1.54) is 11.9 Å². The van der Waals surface area contributed by atoms with E-state index in [1.807, 2.05) is 12.1 Å². The highest BCUT2D eigenvalue weighted by molar-refractivity contribution is 5.95. The lowest BCUT2D eigenvalue weighted by molar-refractivity contribution is -0.137. The van der Waals surface area contributed by atoms with Crippen LogP contribution in [0.2, 0.25) is 0 Å². The second kappa shape index (κ2) is 7.57. The fourth-order valence-corrected chi connectivity index (χ4v) is 2.92. The zero-order valence-corrected chi connectivity index (χ0v) is 13.9. The van der Waals surface area contributed by atoms with E-state index in [0.717, 1.165) is 25.2 Å². The van der Waals surface area contributed by atoms with Crippen LogP contribution in [0.5, 0.6) is 0 Å². The summed E-state index contributed by atoms with van der Waals surface area (Å²) >= 11 is 0. The smallest absolute Gasteiger partial charge is 0.323 e. The first-order valence-electron chi connectivity index (χ1n) is 7.79. The largest absolute Gasteiger partial charge is 0.480 e. The van der Waals surface area contributed by atoms with Crippen molar-refractivity contribution in [2.45, 2.75) is 32.6 Å². The number of aliphatic carboxylic acids is 1. The maximum Gasteiger partial charge on any atom is 0.323 e. The molecule has 0 aliphatic carbocycles. The van der Waals surface area contributed by atoms with Crippen LogP contribution in [0.3, 0.4) is 0 Å². The maximum absolute atomic E-state index is 12.1. The van der Waals surface area contributed by atoms with Crippen molar-refractivity contribution in [1.29, 1.82) is 0 Å². The molecule has 0 saturated carbocycles. The predicted molar refractivity (Wildman–Crippen MR) is 86.3 cm³/mol. The number of nitrogens with zero attached hydrogens (tertiary/aromatic N) is 2. The van der Waals surface area contributed by atoms with Crippen molar-refractivity contribution in [3.63, 3.8) is 0 Å². The number of carbonyl (C=O) groups is 2. The highest BCUT2D eigenvalue weighted by Gasteiger charge is 2.22. The van der Waals surface area contributed by atoms with Gasteiger partial charge in [-0.05, 0) is 31.5 Å². The number of morpholine rings is 1. The number of likely N-dealkylation sites (N-methyl/N-ethyl adjacent to an activating group) is 1. The number of amides is 1. The summed E-state index contributed by atoms with van der Waals surface area (Å²) in [6.45, 7) is 6.45. The minimum absolute atomic E-state index is 0.226. The molecule has 0 aromatic heterocycles. The average Bonchev–Trinajstić information content (AvgIpc) is 2.45. The Morgan fingerprint density at radius 3 is 2.30 bits per heavy atom. The van der Waals surface area contributed by atoms with Crippen LogP contribution in [0.4, 0.5) is 0 Å². The van der Waals surface area contributed by atoms with Crippen LogP contribution >= 0.6 is 0 Å². The molecule has 1 heterocycles. The normalized spacial score (nSPS) is 21.9. The molecule has 1 aromatic carbocycles. The molecule has 2 rings (SSSR count). The van der Waals surface area contributed by atoms with E-state index in [2.05, 4.69) is 18.7 Å². The van der Waals surface area contributed by atoms with Gasteiger partial charge in [-0.25, -0.2) is 0 Å². The molecule has 0 radical (unpaired) electrons. The Labute approximate surface area is 136 Å². The molecular weight excluding hydrogens is 296 g/mol. The van der Waals surface area contributed by atoms with Gasteiger partial charge in [-0.15, -0.1) is 0 Å². The van der Waals surface area contributed by atoms with E-state index in [4.69, 9.17) is 9.84 Å². The average molecular weight is 320 g/mol. The Bertz CT molecular complexity index is 548. The second-order valence-electron chi connectivity index (χ2n) is 6.20.